The van der Waals surface area contributed by atoms with Crippen molar-refractivity contribution < 1.29 is 23.2 Å². The third-order valence-electron chi connectivity index (χ3n) is 6.18. The van der Waals surface area contributed by atoms with E-state index in [1.807, 2.05) is 6.92 Å². The first-order chi connectivity index (χ1) is 15.4. The van der Waals surface area contributed by atoms with Crippen LogP contribution in [-0.4, -0.2) is 51.5 Å². The monoisotopic (exact) mass is 445 g/mol. The van der Waals surface area contributed by atoms with Gasteiger partial charge in [-0.15, -0.1) is 0 Å². The standard InChI is InChI=1S/C22H25F2N5O3/c1-2-29-19(5-6-26-29)22(32)28-11-15-7-13(9-18(15)27-20(30)12-28)21(31)25-10-14-8-16(23)3-4-17(14)24/h3-6,8,13,15,18H,2,7,9-12H2,1H3,(H,25,31)(H,27,30)/t13-,15+,18+/m0/s1. The number of carbonyl (C=O) groups excluding carboxylic acids is 3. The molecule has 8 nitrogen and oxygen atoms in total. The highest BCUT2D eigenvalue weighted by molar-refractivity contribution is 5.95. The maximum absolute atomic E-state index is 13.8. The van der Waals surface area contributed by atoms with Gasteiger partial charge in [-0.1, -0.05) is 0 Å². The molecule has 1 aliphatic heterocycles. The molecule has 170 valence electrons. The normalized spacial score (nSPS) is 22.8. The van der Waals surface area contributed by atoms with Crippen LogP contribution in [0.3, 0.4) is 0 Å². The highest BCUT2D eigenvalue weighted by Crippen LogP contribution is 2.34. The van der Waals surface area contributed by atoms with Crippen LogP contribution in [0.5, 0.6) is 0 Å². The lowest BCUT2D eigenvalue weighted by atomic mass is 10.0. The van der Waals surface area contributed by atoms with E-state index in [0.717, 1.165) is 18.2 Å². The fourth-order valence-electron chi connectivity index (χ4n) is 4.58. The van der Waals surface area contributed by atoms with Gasteiger partial charge in [0.15, 0.2) is 0 Å². The fourth-order valence-corrected chi connectivity index (χ4v) is 4.58. The number of halogens is 2. The fraction of sp³-hybridized carbons (Fsp3) is 0.455. The Labute approximate surface area is 184 Å². The molecule has 1 aromatic heterocycles. The first kappa shape index (κ1) is 21.9. The van der Waals surface area contributed by atoms with E-state index < -0.39 is 17.6 Å². The lowest BCUT2D eigenvalue weighted by Crippen LogP contribution is -2.40. The average Bonchev–Trinajstić information content (AvgIpc) is 3.37. The van der Waals surface area contributed by atoms with Crippen LogP contribution in [0.15, 0.2) is 30.5 Å². The van der Waals surface area contributed by atoms with Gasteiger partial charge in [0.2, 0.25) is 11.8 Å². The smallest absolute Gasteiger partial charge is 0.272 e. The second kappa shape index (κ2) is 9.05. The molecule has 1 saturated carbocycles. The molecule has 2 aromatic rings. The maximum Gasteiger partial charge on any atom is 0.272 e. The Hall–Kier alpha value is -3.30. The summed E-state index contributed by atoms with van der Waals surface area (Å²) in [7, 11) is 0. The second-order valence-corrected chi connectivity index (χ2v) is 8.27. The molecule has 1 aliphatic carbocycles. The SMILES string of the molecule is CCn1nccc1C(=O)N1CC(=O)N[C@@H]2C[C@@H](C(=O)NCc3cc(F)ccc3F)C[C@@H]2C1. The van der Waals surface area contributed by atoms with E-state index in [0.29, 0.717) is 31.6 Å². The van der Waals surface area contributed by atoms with Crippen LogP contribution in [0.25, 0.3) is 0 Å². The summed E-state index contributed by atoms with van der Waals surface area (Å²) in [5.41, 5.74) is 0.492. The molecular weight excluding hydrogens is 420 g/mol. The van der Waals surface area contributed by atoms with Crippen molar-refractivity contribution in [1.82, 2.24) is 25.3 Å². The van der Waals surface area contributed by atoms with Gasteiger partial charge in [-0.25, -0.2) is 8.78 Å². The number of aromatic nitrogens is 2. The molecule has 0 radical (unpaired) electrons. The Morgan fingerprint density at radius 2 is 2.06 bits per heavy atom. The number of aryl methyl sites for hydroxylation is 1. The molecule has 1 aromatic carbocycles. The number of rotatable bonds is 5. The van der Waals surface area contributed by atoms with Crippen molar-refractivity contribution in [2.45, 2.75) is 38.9 Å². The lowest BCUT2D eigenvalue weighted by Gasteiger charge is -2.23. The van der Waals surface area contributed by atoms with E-state index in [1.165, 1.54) is 4.90 Å². The van der Waals surface area contributed by atoms with Crippen LogP contribution in [0.1, 0.15) is 35.8 Å². The van der Waals surface area contributed by atoms with Crippen molar-refractivity contribution in [2.75, 3.05) is 13.1 Å². The number of nitrogens with zero attached hydrogens (tertiary/aromatic N) is 3. The third-order valence-corrected chi connectivity index (χ3v) is 6.18. The minimum atomic E-state index is -0.587. The predicted octanol–water partition coefficient (Wildman–Crippen LogP) is 1.46. The van der Waals surface area contributed by atoms with Crippen LogP contribution in [0.4, 0.5) is 8.78 Å². The number of fused-ring (bicyclic) bond motifs is 1. The van der Waals surface area contributed by atoms with Gasteiger partial charge in [-0.3, -0.25) is 19.1 Å². The highest BCUT2D eigenvalue weighted by Gasteiger charge is 2.42. The van der Waals surface area contributed by atoms with Gasteiger partial charge >= 0.3 is 0 Å². The number of hydrogen-bond acceptors (Lipinski definition) is 4. The second-order valence-electron chi connectivity index (χ2n) is 8.27. The Morgan fingerprint density at radius 3 is 2.84 bits per heavy atom. The Kier molecular flexibility index (Phi) is 6.20. The molecule has 10 heteroatoms. The zero-order valence-electron chi connectivity index (χ0n) is 17.7. The minimum Gasteiger partial charge on any atom is -0.352 e. The molecule has 3 amide bonds. The van der Waals surface area contributed by atoms with Gasteiger partial charge in [-0.05, 0) is 49.9 Å². The van der Waals surface area contributed by atoms with Gasteiger partial charge in [0, 0.05) is 43.4 Å². The van der Waals surface area contributed by atoms with Gasteiger partial charge in [0.1, 0.15) is 17.3 Å². The van der Waals surface area contributed by atoms with Crippen LogP contribution < -0.4 is 10.6 Å². The van der Waals surface area contributed by atoms with Crippen molar-refractivity contribution in [3.63, 3.8) is 0 Å². The molecule has 4 rings (SSSR count). The van der Waals surface area contributed by atoms with Gasteiger partial charge in [0.05, 0.1) is 6.54 Å². The number of nitrogens with one attached hydrogen (secondary N) is 2. The molecule has 2 N–H and O–H groups in total. The zero-order chi connectivity index (χ0) is 22.8. The van der Waals surface area contributed by atoms with E-state index in [1.54, 1.807) is 16.9 Å². The summed E-state index contributed by atoms with van der Waals surface area (Å²) in [6.07, 6.45) is 2.47. The van der Waals surface area contributed by atoms with Crippen molar-refractivity contribution in [3.05, 3.63) is 53.4 Å². The molecule has 0 unspecified atom stereocenters. The molecular formula is C22H25F2N5O3. The summed E-state index contributed by atoms with van der Waals surface area (Å²) in [5, 5.41) is 9.71. The van der Waals surface area contributed by atoms with Gasteiger partial charge in [0.25, 0.3) is 5.91 Å². The van der Waals surface area contributed by atoms with Crippen molar-refractivity contribution >= 4 is 17.7 Å². The van der Waals surface area contributed by atoms with Crippen LogP contribution in [0.2, 0.25) is 0 Å². The molecule has 2 heterocycles. The Balaban J connectivity index is 1.41. The largest absolute Gasteiger partial charge is 0.352 e. The van der Waals surface area contributed by atoms with Crippen molar-refractivity contribution in [1.29, 1.82) is 0 Å². The van der Waals surface area contributed by atoms with E-state index >= 15 is 0 Å². The summed E-state index contributed by atoms with van der Waals surface area (Å²) in [5.74, 6) is -2.45. The summed E-state index contributed by atoms with van der Waals surface area (Å²) in [6, 6.07) is 4.50. The molecule has 3 atom stereocenters. The number of amides is 3. The summed E-state index contributed by atoms with van der Waals surface area (Å²) in [6.45, 7) is 2.60. The van der Waals surface area contributed by atoms with Gasteiger partial charge in [-0.2, -0.15) is 5.10 Å². The lowest BCUT2D eigenvalue weighted by molar-refractivity contribution is -0.126. The molecule has 1 saturated heterocycles. The number of hydrogen-bond donors (Lipinski definition) is 2. The van der Waals surface area contributed by atoms with E-state index in [-0.39, 0.29) is 48.3 Å². The van der Waals surface area contributed by atoms with Crippen LogP contribution in [0, 0.1) is 23.5 Å². The summed E-state index contributed by atoms with van der Waals surface area (Å²) >= 11 is 0. The number of carbonyl (C=O) groups is 3. The minimum absolute atomic E-state index is 0.0452. The van der Waals surface area contributed by atoms with Crippen LogP contribution >= 0.6 is 0 Å². The zero-order valence-corrected chi connectivity index (χ0v) is 17.7. The van der Waals surface area contributed by atoms with Gasteiger partial charge < -0.3 is 15.5 Å². The Morgan fingerprint density at radius 1 is 1.25 bits per heavy atom. The highest BCUT2D eigenvalue weighted by atomic mass is 19.1. The number of benzene rings is 1. The van der Waals surface area contributed by atoms with Crippen molar-refractivity contribution in [3.8, 4) is 0 Å². The van der Waals surface area contributed by atoms with E-state index in [4.69, 9.17) is 0 Å². The Bertz CT molecular complexity index is 1040. The molecule has 32 heavy (non-hydrogen) atoms. The van der Waals surface area contributed by atoms with Crippen LogP contribution in [-0.2, 0) is 22.7 Å². The molecule has 0 spiro atoms. The van der Waals surface area contributed by atoms with Crippen molar-refractivity contribution in [2.24, 2.45) is 11.8 Å². The topological polar surface area (TPSA) is 96.3 Å². The first-order valence-electron chi connectivity index (χ1n) is 10.7. The average molecular weight is 445 g/mol. The first-order valence-corrected chi connectivity index (χ1v) is 10.7. The molecule has 2 fully saturated rings. The summed E-state index contributed by atoms with van der Waals surface area (Å²) < 4.78 is 28.7. The maximum atomic E-state index is 13.8. The summed E-state index contributed by atoms with van der Waals surface area (Å²) in [4.78, 5) is 39.6. The van der Waals surface area contributed by atoms with E-state index in [9.17, 15) is 23.2 Å². The molecule has 0 bridgehead atoms. The van der Waals surface area contributed by atoms with E-state index in [2.05, 4.69) is 15.7 Å². The molecule has 2 aliphatic rings. The quantitative estimate of drug-likeness (QED) is 0.729. The predicted molar refractivity (Wildman–Crippen MR) is 110 cm³/mol. The third kappa shape index (κ3) is 4.49.